The van der Waals surface area contributed by atoms with Crippen molar-refractivity contribution in [1.82, 2.24) is 0 Å². The topological polar surface area (TPSA) is 28.1 Å². The molecule has 2 heterocycles. The first-order valence-corrected chi connectivity index (χ1v) is 10.4. The van der Waals surface area contributed by atoms with Gasteiger partial charge < -0.3 is 0 Å². The maximum absolute atomic E-state index is 9.77. The standard InChI is InChI=1S/C18H18N2Se2/c1-9-11(3)21-13(5)16(9)15(8-19)18(20-7)17-10(2)12(4)22-14(17)6/h1-6H3/b18-15+. The second-order valence-corrected chi connectivity index (χ2v) is 11.4. The van der Waals surface area contributed by atoms with Gasteiger partial charge in [-0.15, -0.1) is 0 Å². The molecule has 0 amide bonds. The van der Waals surface area contributed by atoms with Crippen molar-refractivity contribution in [3.8, 4) is 6.07 Å². The zero-order valence-corrected chi connectivity index (χ0v) is 17.1. The van der Waals surface area contributed by atoms with Crippen LogP contribution in [0.25, 0.3) is 16.1 Å². The molecule has 2 rings (SSSR count). The van der Waals surface area contributed by atoms with Crippen molar-refractivity contribution in [1.29, 1.82) is 5.26 Å². The SMILES string of the molecule is [C-]#[N+]/C(=C(\C#N)c1c(C)[se]c(C)c1C)c1c(C)[se]c(C)c1C. The van der Waals surface area contributed by atoms with Gasteiger partial charge in [0.05, 0.1) is 0 Å². The summed E-state index contributed by atoms with van der Waals surface area (Å²) in [7, 11) is 0. The van der Waals surface area contributed by atoms with Crippen LogP contribution in [0.3, 0.4) is 0 Å². The van der Waals surface area contributed by atoms with Crippen LogP contribution < -0.4 is 0 Å². The molecule has 0 saturated carbocycles. The normalized spacial score (nSPS) is 11.8. The molecule has 0 saturated heterocycles. The van der Waals surface area contributed by atoms with Crippen LogP contribution in [0.4, 0.5) is 0 Å². The summed E-state index contributed by atoms with van der Waals surface area (Å²) in [5, 5.41) is 9.77. The number of nitrogens with zero attached hydrogens (tertiary/aromatic N) is 2. The molecule has 2 aromatic heterocycles. The van der Waals surface area contributed by atoms with E-state index in [1.807, 2.05) is 0 Å². The first kappa shape index (κ1) is 17.1. The third kappa shape index (κ3) is 2.69. The Kier molecular flexibility index (Phi) is 5.01. The Morgan fingerprint density at radius 1 is 0.864 bits per heavy atom. The van der Waals surface area contributed by atoms with Gasteiger partial charge in [-0.2, -0.15) is 0 Å². The van der Waals surface area contributed by atoms with Crippen molar-refractivity contribution in [2.24, 2.45) is 0 Å². The fourth-order valence-electron chi connectivity index (χ4n) is 2.77. The molecule has 0 unspecified atom stereocenters. The molecule has 0 aromatic carbocycles. The van der Waals surface area contributed by atoms with E-state index in [2.05, 4.69) is 52.5 Å². The third-order valence-electron chi connectivity index (χ3n) is 4.07. The van der Waals surface area contributed by atoms with Crippen molar-refractivity contribution in [2.45, 2.75) is 41.5 Å². The predicted octanol–water partition coefficient (Wildman–Crippen LogP) is 3.96. The Balaban J connectivity index is 2.87. The average Bonchev–Trinajstić information content (AvgIpc) is 2.86. The van der Waals surface area contributed by atoms with Crippen molar-refractivity contribution in [2.75, 3.05) is 0 Å². The Morgan fingerprint density at radius 3 is 1.64 bits per heavy atom. The molecule has 0 aliphatic heterocycles. The molecule has 2 aromatic rings. The van der Waals surface area contributed by atoms with Gasteiger partial charge >= 0.3 is 145 Å². The van der Waals surface area contributed by atoms with Gasteiger partial charge in [0.15, 0.2) is 0 Å². The molecule has 0 aliphatic carbocycles. The van der Waals surface area contributed by atoms with Gasteiger partial charge in [0.2, 0.25) is 0 Å². The van der Waals surface area contributed by atoms with Gasteiger partial charge in [-0.3, -0.25) is 0 Å². The van der Waals surface area contributed by atoms with Crippen molar-refractivity contribution < 1.29 is 0 Å². The monoisotopic (exact) mass is 422 g/mol. The zero-order chi connectivity index (χ0) is 16.6. The second-order valence-electron chi connectivity index (χ2n) is 5.38. The summed E-state index contributed by atoms with van der Waals surface area (Å²) in [4.78, 5) is 3.79. The quantitative estimate of drug-likeness (QED) is 0.411. The van der Waals surface area contributed by atoms with E-state index in [0.29, 0.717) is 40.3 Å². The van der Waals surface area contributed by atoms with Gasteiger partial charge in [0.1, 0.15) is 0 Å². The van der Waals surface area contributed by atoms with E-state index in [4.69, 9.17) is 6.57 Å². The number of allylic oxidation sites excluding steroid dienone is 1. The van der Waals surface area contributed by atoms with Crippen LogP contribution >= 0.6 is 0 Å². The van der Waals surface area contributed by atoms with Crippen molar-refractivity contribution in [3.05, 3.63) is 51.4 Å². The van der Waals surface area contributed by atoms with E-state index >= 15 is 0 Å². The minimum absolute atomic E-state index is 0.318. The van der Waals surface area contributed by atoms with Crippen LogP contribution in [-0.2, 0) is 0 Å². The summed E-state index contributed by atoms with van der Waals surface area (Å²) in [5.41, 5.74) is 5.55. The molecule has 0 atom stereocenters. The van der Waals surface area contributed by atoms with Crippen molar-refractivity contribution >= 4 is 40.3 Å². The molecule has 0 aliphatic rings. The summed E-state index contributed by atoms with van der Waals surface area (Å²) in [6.45, 7) is 20.3. The molecule has 0 N–H and O–H groups in total. The minimum atomic E-state index is 0.318. The molecule has 0 bridgehead atoms. The van der Waals surface area contributed by atoms with E-state index in [9.17, 15) is 5.26 Å². The number of rotatable bonds is 2. The number of hydrogen-bond donors (Lipinski definition) is 0. The van der Waals surface area contributed by atoms with Gasteiger partial charge in [-0.25, -0.2) is 0 Å². The van der Waals surface area contributed by atoms with Gasteiger partial charge in [0, 0.05) is 0 Å². The van der Waals surface area contributed by atoms with Crippen LogP contribution in [0, 0.1) is 59.4 Å². The Morgan fingerprint density at radius 2 is 1.32 bits per heavy atom. The van der Waals surface area contributed by atoms with E-state index in [-0.39, 0.29) is 0 Å². The summed E-state index contributed by atoms with van der Waals surface area (Å²) in [6.07, 6.45) is 0. The second kappa shape index (κ2) is 6.45. The van der Waals surface area contributed by atoms with E-state index in [1.54, 1.807) is 0 Å². The predicted molar refractivity (Wildman–Crippen MR) is 94.2 cm³/mol. The van der Waals surface area contributed by atoms with E-state index in [1.165, 1.54) is 28.9 Å². The van der Waals surface area contributed by atoms with E-state index in [0.717, 1.165) is 11.1 Å². The molecular formula is C18H18N2Se2. The van der Waals surface area contributed by atoms with Crippen LogP contribution in [0.2, 0.25) is 0 Å². The van der Waals surface area contributed by atoms with Gasteiger partial charge in [-0.1, -0.05) is 0 Å². The Labute approximate surface area is 144 Å². The van der Waals surface area contributed by atoms with E-state index < -0.39 is 0 Å². The number of nitriles is 1. The zero-order valence-electron chi connectivity index (χ0n) is 13.7. The molecule has 0 radical (unpaired) electrons. The fraction of sp³-hybridized carbons (Fsp3) is 0.333. The molecule has 22 heavy (non-hydrogen) atoms. The fourth-order valence-corrected chi connectivity index (χ4v) is 7.25. The maximum atomic E-state index is 9.77. The summed E-state index contributed by atoms with van der Waals surface area (Å²) in [6, 6.07) is 2.34. The Hall–Kier alpha value is -1.28. The van der Waals surface area contributed by atoms with Crippen LogP contribution in [-0.4, -0.2) is 29.0 Å². The summed E-state index contributed by atoms with van der Waals surface area (Å²) >= 11 is 0.637. The summed E-state index contributed by atoms with van der Waals surface area (Å²) < 4.78 is 5.26. The third-order valence-corrected chi connectivity index (χ3v) is 8.78. The van der Waals surface area contributed by atoms with Crippen LogP contribution in [0.15, 0.2) is 0 Å². The molecule has 0 spiro atoms. The molecule has 2 nitrogen and oxygen atoms in total. The number of aryl methyl sites for hydroxylation is 4. The van der Waals surface area contributed by atoms with Crippen molar-refractivity contribution in [3.63, 3.8) is 0 Å². The average molecular weight is 420 g/mol. The molecular weight excluding hydrogens is 402 g/mol. The van der Waals surface area contributed by atoms with Gasteiger partial charge in [-0.05, 0) is 0 Å². The molecule has 4 heteroatoms. The first-order chi connectivity index (χ1) is 10.3. The number of hydrogen-bond acceptors (Lipinski definition) is 1. The first-order valence-electron chi connectivity index (χ1n) is 6.99. The van der Waals surface area contributed by atoms with Crippen LogP contribution in [0.5, 0.6) is 0 Å². The molecule has 0 fully saturated rings. The van der Waals surface area contributed by atoms with Gasteiger partial charge in [0.25, 0.3) is 0 Å². The van der Waals surface area contributed by atoms with Crippen LogP contribution in [0.1, 0.15) is 40.0 Å². The summed E-state index contributed by atoms with van der Waals surface area (Å²) in [5.74, 6) is 0. The Bertz CT molecular complexity index is 792. The molecule has 112 valence electrons.